The Kier molecular flexibility index (Phi) is 9.06. The Balaban J connectivity index is 1.39. The first-order valence-corrected chi connectivity index (χ1v) is 11.3. The van der Waals surface area contributed by atoms with Gasteiger partial charge in [0.25, 0.3) is 5.91 Å². The summed E-state index contributed by atoms with van der Waals surface area (Å²) < 4.78 is 52.6. The first kappa shape index (κ1) is 26.9. The van der Waals surface area contributed by atoms with Crippen LogP contribution in [0.1, 0.15) is 22.3 Å². The summed E-state index contributed by atoms with van der Waals surface area (Å²) >= 11 is 5.59. The Morgan fingerprint density at radius 2 is 1.71 bits per heavy atom. The predicted molar refractivity (Wildman–Crippen MR) is 122 cm³/mol. The quantitative estimate of drug-likeness (QED) is 0.371. The van der Waals surface area contributed by atoms with Crippen molar-refractivity contribution in [1.82, 2.24) is 15.1 Å². The van der Waals surface area contributed by atoms with E-state index in [1.165, 1.54) is 24.3 Å². The molecule has 1 fully saturated rings. The van der Waals surface area contributed by atoms with Crippen LogP contribution in [0.15, 0.2) is 42.5 Å². The van der Waals surface area contributed by atoms with E-state index < -0.39 is 40.6 Å². The summed E-state index contributed by atoms with van der Waals surface area (Å²) in [5.41, 5.74) is -1.15. The molecular weight excluding hydrogens is 492 g/mol. The van der Waals surface area contributed by atoms with E-state index in [1.807, 2.05) is 9.80 Å². The van der Waals surface area contributed by atoms with Gasteiger partial charge in [-0.25, -0.2) is 4.39 Å². The molecule has 3 N–H and O–H groups in total. The van der Waals surface area contributed by atoms with Gasteiger partial charge in [-0.05, 0) is 30.3 Å². The molecule has 12 heteroatoms. The van der Waals surface area contributed by atoms with Gasteiger partial charge in [0.05, 0.1) is 22.7 Å². The van der Waals surface area contributed by atoms with E-state index in [4.69, 9.17) is 11.6 Å². The van der Waals surface area contributed by atoms with Crippen molar-refractivity contribution in [3.63, 3.8) is 0 Å². The number of aliphatic hydroxyl groups is 1. The number of anilines is 1. The fourth-order valence-corrected chi connectivity index (χ4v) is 3.87. The molecule has 0 spiro atoms. The molecule has 1 aliphatic heterocycles. The highest BCUT2D eigenvalue weighted by Gasteiger charge is 2.33. The number of carbonyl (C=O) groups excluding carboxylic acids is 2. The summed E-state index contributed by atoms with van der Waals surface area (Å²) in [6, 6.07) is 8.68. The van der Waals surface area contributed by atoms with Crippen molar-refractivity contribution in [2.24, 2.45) is 0 Å². The Morgan fingerprint density at radius 3 is 2.37 bits per heavy atom. The number of aliphatic hydroxyl groups excluding tert-OH is 1. The minimum absolute atomic E-state index is 0.0109. The highest BCUT2D eigenvalue weighted by molar-refractivity contribution is 6.31. The van der Waals surface area contributed by atoms with Crippen molar-refractivity contribution in [1.29, 1.82) is 0 Å². The zero-order chi connectivity index (χ0) is 25.6. The topological polar surface area (TPSA) is 84.9 Å². The van der Waals surface area contributed by atoms with Crippen LogP contribution in [0.3, 0.4) is 0 Å². The second kappa shape index (κ2) is 11.8. The molecule has 1 unspecified atom stereocenters. The zero-order valence-corrected chi connectivity index (χ0v) is 19.4. The lowest BCUT2D eigenvalue weighted by atomic mass is 10.2. The summed E-state index contributed by atoms with van der Waals surface area (Å²) in [5, 5.41) is 14.5. The van der Waals surface area contributed by atoms with E-state index in [-0.39, 0.29) is 24.2 Å². The number of alkyl halides is 3. The van der Waals surface area contributed by atoms with Crippen molar-refractivity contribution >= 4 is 29.1 Å². The van der Waals surface area contributed by atoms with Gasteiger partial charge >= 0.3 is 6.18 Å². The first-order valence-electron chi connectivity index (χ1n) is 10.9. The molecule has 0 saturated carbocycles. The molecule has 2 aromatic carbocycles. The smallest absolute Gasteiger partial charge is 0.374 e. The number of nitrogens with one attached hydrogen (secondary N) is 2. The van der Waals surface area contributed by atoms with Crippen LogP contribution in [0.5, 0.6) is 0 Å². The minimum atomic E-state index is -4.62. The maximum absolute atomic E-state index is 13.7. The molecule has 1 heterocycles. The number of piperazine rings is 1. The third-order valence-electron chi connectivity index (χ3n) is 5.52. The van der Waals surface area contributed by atoms with Crippen LogP contribution >= 0.6 is 11.6 Å². The highest BCUT2D eigenvalue weighted by atomic mass is 35.5. The van der Waals surface area contributed by atoms with E-state index in [1.54, 1.807) is 0 Å². The Labute approximate surface area is 204 Å². The molecule has 1 saturated heterocycles. The molecule has 0 aromatic heterocycles. The van der Waals surface area contributed by atoms with Crippen LogP contribution < -0.4 is 10.6 Å². The maximum atomic E-state index is 13.7. The lowest BCUT2D eigenvalue weighted by Gasteiger charge is -2.34. The average molecular weight is 517 g/mol. The fraction of sp³-hybridized carbons (Fsp3) is 0.391. The lowest BCUT2D eigenvalue weighted by Crippen LogP contribution is -2.49. The van der Waals surface area contributed by atoms with Crippen LogP contribution in [0.2, 0.25) is 5.02 Å². The van der Waals surface area contributed by atoms with Crippen LogP contribution in [0.4, 0.5) is 23.2 Å². The first-order chi connectivity index (χ1) is 16.5. The van der Waals surface area contributed by atoms with Gasteiger partial charge in [-0.1, -0.05) is 23.7 Å². The summed E-state index contributed by atoms with van der Waals surface area (Å²) in [5.74, 6) is -1.82. The maximum Gasteiger partial charge on any atom is 0.417 e. The Bertz CT molecular complexity index is 1050. The van der Waals surface area contributed by atoms with Crippen molar-refractivity contribution < 1.29 is 32.3 Å². The number of halogens is 5. The summed E-state index contributed by atoms with van der Waals surface area (Å²) in [6.07, 6.45) is -5.53. The average Bonchev–Trinajstić information content (AvgIpc) is 2.79. The second-order valence-corrected chi connectivity index (χ2v) is 8.52. The van der Waals surface area contributed by atoms with Crippen molar-refractivity contribution in [3.8, 4) is 0 Å². The fourth-order valence-electron chi connectivity index (χ4n) is 3.65. The third kappa shape index (κ3) is 7.89. The van der Waals surface area contributed by atoms with Gasteiger partial charge in [-0.3, -0.25) is 14.5 Å². The molecule has 1 aliphatic rings. The Morgan fingerprint density at radius 1 is 1.06 bits per heavy atom. The van der Waals surface area contributed by atoms with Crippen LogP contribution in [0, 0.1) is 5.82 Å². The molecule has 3 rings (SSSR count). The van der Waals surface area contributed by atoms with Gasteiger partial charge in [0, 0.05) is 44.8 Å². The molecule has 2 amide bonds. The number of carbonyl (C=O) groups is 2. The van der Waals surface area contributed by atoms with E-state index in [0.29, 0.717) is 32.7 Å². The highest BCUT2D eigenvalue weighted by Crippen LogP contribution is 2.36. The van der Waals surface area contributed by atoms with Crippen molar-refractivity contribution in [2.45, 2.75) is 18.8 Å². The number of hydrogen-bond donors (Lipinski definition) is 3. The van der Waals surface area contributed by atoms with Crippen LogP contribution in [-0.2, 0) is 11.0 Å². The largest absolute Gasteiger partial charge is 0.417 e. The predicted octanol–water partition coefficient (Wildman–Crippen LogP) is 3.19. The molecule has 35 heavy (non-hydrogen) atoms. The van der Waals surface area contributed by atoms with Crippen LogP contribution in [0.25, 0.3) is 0 Å². The molecule has 0 bridgehead atoms. The van der Waals surface area contributed by atoms with Gasteiger partial charge < -0.3 is 20.6 Å². The summed E-state index contributed by atoms with van der Waals surface area (Å²) in [7, 11) is 0. The van der Waals surface area contributed by atoms with E-state index in [9.17, 15) is 32.3 Å². The third-order valence-corrected chi connectivity index (χ3v) is 5.85. The van der Waals surface area contributed by atoms with Gasteiger partial charge in [0.2, 0.25) is 5.91 Å². The number of amides is 2. The molecule has 0 radical (unpaired) electrons. The van der Waals surface area contributed by atoms with Gasteiger partial charge in [-0.2, -0.15) is 13.2 Å². The normalized spacial score (nSPS) is 16.1. The van der Waals surface area contributed by atoms with E-state index in [0.717, 1.165) is 18.2 Å². The molecule has 7 nitrogen and oxygen atoms in total. The minimum Gasteiger partial charge on any atom is -0.374 e. The molecule has 0 aliphatic carbocycles. The number of hydrogen-bond acceptors (Lipinski definition) is 5. The van der Waals surface area contributed by atoms with Gasteiger partial charge in [0.15, 0.2) is 0 Å². The zero-order valence-electron chi connectivity index (χ0n) is 18.6. The molecule has 1 atom stereocenters. The molecule has 2 aromatic rings. The van der Waals surface area contributed by atoms with Crippen molar-refractivity contribution in [3.05, 3.63) is 64.4 Å². The second-order valence-electron chi connectivity index (χ2n) is 8.12. The SMILES string of the molecule is O=C(CN1CCN(CCC(O)NC(=O)c2ccccc2F)CC1)Nc1ccc(Cl)c(C(F)(F)F)c1. The van der Waals surface area contributed by atoms with Gasteiger partial charge in [0.1, 0.15) is 12.0 Å². The molecule has 190 valence electrons. The monoisotopic (exact) mass is 516 g/mol. The van der Waals surface area contributed by atoms with Crippen molar-refractivity contribution in [2.75, 3.05) is 44.6 Å². The van der Waals surface area contributed by atoms with Gasteiger partial charge in [-0.15, -0.1) is 0 Å². The van der Waals surface area contributed by atoms with E-state index in [2.05, 4.69) is 10.6 Å². The molecular formula is C23H25ClF4N4O3. The standard InChI is InChI=1S/C23H25ClF4N4O3/c24-18-6-5-15(13-17(18)23(26,27)28)29-21(34)14-32-11-9-31(10-12-32)8-7-20(33)30-22(35)16-3-1-2-4-19(16)25/h1-6,13,20,33H,7-12,14H2,(H,29,34)(H,30,35). The lowest BCUT2D eigenvalue weighted by molar-refractivity contribution is -0.137. The summed E-state index contributed by atoms with van der Waals surface area (Å²) in [4.78, 5) is 28.2. The Hall–Kier alpha value is -2.73. The van der Waals surface area contributed by atoms with Crippen LogP contribution in [-0.4, -0.2) is 72.2 Å². The number of nitrogens with zero attached hydrogens (tertiary/aromatic N) is 2. The number of rotatable bonds is 8. The number of benzene rings is 2. The summed E-state index contributed by atoms with van der Waals surface area (Å²) in [6.45, 7) is 2.77. The van der Waals surface area contributed by atoms with E-state index >= 15 is 0 Å².